The number of rotatable bonds is 5. The summed E-state index contributed by atoms with van der Waals surface area (Å²) in [6.07, 6.45) is 2.47. The van der Waals surface area contributed by atoms with Crippen LogP contribution in [0.4, 0.5) is 11.5 Å². The molecule has 1 N–H and O–H groups in total. The summed E-state index contributed by atoms with van der Waals surface area (Å²) in [5, 5.41) is 3.46. The zero-order valence-electron chi connectivity index (χ0n) is 10.1. The fraction of sp³-hybridized carbons (Fsp3) is 0.231. The van der Waals surface area contributed by atoms with Gasteiger partial charge in [0.2, 0.25) is 5.28 Å². The molecule has 4 nitrogen and oxygen atoms in total. The average molecular weight is 264 g/mol. The van der Waals surface area contributed by atoms with Crippen molar-refractivity contribution in [2.45, 2.75) is 6.42 Å². The molecule has 2 aromatic rings. The number of hydrogen-bond donors (Lipinski definition) is 1. The van der Waals surface area contributed by atoms with Gasteiger partial charge >= 0.3 is 0 Å². The van der Waals surface area contributed by atoms with Crippen molar-refractivity contribution in [3.63, 3.8) is 0 Å². The average Bonchev–Trinajstić information content (AvgIpc) is 2.38. The lowest BCUT2D eigenvalue weighted by Gasteiger charge is -2.11. The van der Waals surface area contributed by atoms with E-state index in [4.69, 9.17) is 16.3 Å². The van der Waals surface area contributed by atoms with E-state index in [9.17, 15) is 0 Å². The van der Waals surface area contributed by atoms with Crippen molar-refractivity contribution in [3.05, 3.63) is 47.4 Å². The lowest BCUT2D eigenvalue weighted by atomic mass is 10.1. The normalized spacial score (nSPS) is 10.3. The maximum atomic E-state index is 5.75. The van der Waals surface area contributed by atoms with Crippen LogP contribution in [-0.2, 0) is 11.2 Å². The van der Waals surface area contributed by atoms with E-state index in [1.165, 1.54) is 5.56 Å². The van der Waals surface area contributed by atoms with Gasteiger partial charge in [0.25, 0.3) is 0 Å². The Hall–Kier alpha value is -1.65. The van der Waals surface area contributed by atoms with Crippen LogP contribution in [0, 0.1) is 0 Å². The molecule has 0 aliphatic heterocycles. The second-order valence-corrected chi connectivity index (χ2v) is 4.07. The van der Waals surface area contributed by atoms with Crippen LogP contribution in [0.2, 0.25) is 5.28 Å². The Morgan fingerprint density at radius 1 is 1.28 bits per heavy atom. The maximum absolute atomic E-state index is 5.75. The van der Waals surface area contributed by atoms with E-state index in [-0.39, 0.29) is 5.28 Å². The molecule has 1 aromatic carbocycles. The van der Waals surface area contributed by atoms with Gasteiger partial charge in [-0.3, -0.25) is 0 Å². The Labute approximate surface area is 111 Å². The maximum Gasteiger partial charge on any atom is 0.224 e. The molecule has 0 bridgehead atoms. The van der Waals surface area contributed by atoms with Gasteiger partial charge in [0, 0.05) is 19.0 Å². The van der Waals surface area contributed by atoms with Crippen molar-refractivity contribution in [1.29, 1.82) is 0 Å². The molecule has 0 radical (unpaired) electrons. The van der Waals surface area contributed by atoms with E-state index in [2.05, 4.69) is 21.4 Å². The fourth-order valence-corrected chi connectivity index (χ4v) is 1.76. The third kappa shape index (κ3) is 3.42. The largest absolute Gasteiger partial charge is 0.384 e. The standard InChI is InChI=1S/C13H14ClN3O/c1-18-9-7-10-4-2-3-5-11(10)16-12-6-8-15-13(14)17-12/h2-6,8H,7,9H2,1H3,(H,15,16,17). The van der Waals surface area contributed by atoms with Crippen molar-refractivity contribution in [1.82, 2.24) is 9.97 Å². The molecule has 0 aliphatic rings. The molecule has 5 heteroatoms. The van der Waals surface area contributed by atoms with Crippen LogP contribution in [0.15, 0.2) is 36.5 Å². The topological polar surface area (TPSA) is 47.0 Å². The molecule has 0 fully saturated rings. The first-order chi connectivity index (χ1) is 8.79. The Bertz CT molecular complexity index is 519. The smallest absolute Gasteiger partial charge is 0.224 e. The number of para-hydroxylation sites is 1. The predicted molar refractivity (Wildman–Crippen MR) is 72.3 cm³/mol. The van der Waals surface area contributed by atoms with Crippen molar-refractivity contribution in [3.8, 4) is 0 Å². The predicted octanol–water partition coefficient (Wildman–Crippen LogP) is 3.06. The Morgan fingerprint density at radius 3 is 2.89 bits per heavy atom. The van der Waals surface area contributed by atoms with Crippen LogP contribution in [0.5, 0.6) is 0 Å². The summed E-state index contributed by atoms with van der Waals surface area (Å²) in [7, 11) is 1.69. The monoisotopic (exact) mass is 263 g/mol. The highest BCUT2D eigenvalue weighted by Crippen LogP contribution is 2.20. The highest BCUT2D eigenvalue weighted by atomic mass is 35.5. The summed E-state index contributed by atoms with van der Waals surface area (Å²) in [5.41, 5.74) is 2.18. The van der Waals surface area contributed by atoms with Crippen LogP contribution in [-0.4, -0.2) is 23.7 Å². The number of hydrogen-bond acceptors (Lipinski definition) is 4. The molecule has 0 unspecified atom stereocenters. The van der Waals surface area contributed by atoms with Crippen molar-refractivity contribution >= 4 is 23.1 Å². The number of nitrogens with one attached hydrogen (secondary N) is 1. The molecule has 0 aliphatic carbocycles. The quantitative estimate of drug-likeness (QED) is 0.843. The van der Waals surface area contributed by atoms with Crippen LogP contribution in [0.25, 0.3) is 0 Å². The second kappa shape index (κ2) is 6.33. The number of methoxy groups -OCH3 is 1. The summed E-state index contributed by atoms with van der Waals surface area (Å²) in [6.45, 7) is 0.684. The minimum Gasteiger partial charge on any atom is -0.384 e. The molecule has 0 saturated carbocycles. The molecular weight excluding hydrogens is 250 g/mol. The third-order valence-electron chi connectivity index (χ3n) is 2.48. The first kappa shape index (κ1) is 12.8. The van der Waals surface area contributed by atoms with E-state index in [1.807, 2.05) is 18.2 Å². The zero-order chi connectivity index (χ0) is 12.8. The van der Waals surface area contributed by atoms with Crippen molar-refractivity contribution in [2.75, 3.05) is 19.0 Å². The van der Waals surface area contributed by atoms with Gasteiger partial charge in [0.15, 0.2) is 0 Å². The SMILES string of the molecule is COCCc1ccccc1Nc1ccnc(Cl)n1. The van der Waals surface area contributed by atoms with E-state index in [1.54, 1.807) is 19.4 Å². The van der Waals surface area contributed by atoms with Crippen LogP contribution < -0.4 is 5.32 Å². The van der Waals surface area contributed by atoms with Gasteiger partial charge in [-0.2, -0.15) is 0 Å². The summed E-state index contributed by atoms with van der Waals surface area (Å²) in [4.78, 5) is 7.95. The number of ether oxygens (including phenoxy) is 1. The summed E-state index contributed by atoms with van der Waals surface area (Å²) >= 11 is 5.75. The highest BCUT2D eigenvalue weighted by molar-refractivity contribution is 6.28. The van der Waals surface area contributed by atoms with Crippen LogP contribution in [0.1, 0.15) is 5.56 Å². The molecule has 2 rings (SSSR count). The minimum absolute atomic E-state index is 0.231. The van der Waals surface area contributed by atoms with Gasteiger partial charge in [-0.15, -0.1) is 0 Å². The van der Waals surface area contributed by atoms with E-state index in [0.29, 0.717) is 12.4 Å². The van der Waals surface area contributed by atoms with E-state index in [0.717, 1.165) is 12.1 Å². The molecule has 0 spiro atoms. The fourth-order valence-electron chi connectivity index (χ4n) is 1.61. The van der Waals surface area contributed by atoms with Crippen LogP contribution >= 0.6 is 11.6 Å². The number of aromatic nitrogens is 2. The first-order valence-corrected chi connectivity index (χ1v) is 6.00. The van der Waals surface area contributed by atoms with Gasteiger partial charge in [0.05, 0.1) is 6.61 Å². The molecule has 0 atom stereocenters. The number of anilines is 2. The molecule has 0 amide bonds. The highest BCUT2D eigenvalue weighted by Gasteiger charge is 2.03. The summed E-state index contributed by atoms with van der Waals surface area (Å²) in [6, 6.07) is 9.81. The lowest BCUT2D eigenvalue weighted by molar-refractivity contribution is 0.202. The van der Waals surface area contributed by atoms with Gasteiger partial charge in [-0.1, -0.05) is 18.2 Å². The Kier molecular flexibility index (Phi) is 4.50. The molecule has 18 heavy (non-hydrogen) atoms. The first-order valence-electron chi connectivity index (χ1n) is 5.62. The van der Waals surface area contributed by atoms with Crippen molar-refractivity contribution in [2.24, 2.45) is 0 Å². The molecule has 1 aromatic heterocycles. The van der Waals surface area contributed by atoms with E-state index >= 15 is 0 Å². The van der Waals surface area contributed by atoms with Gasteiger partial charge in [0.1, 0.15) is 5.82 Å². The summed E-state index contributed by atoms with van der Waals surface area (Å²) < 4.78 is 5.10. The second-order valence-electron chi connectivity index (χ2n) is 3.74. The Balaban J connectivity index is 2.17. The number of halogens is 1. The number of benzene rings is 1. The third-order valence-corrected chi connectivity index (χ3v) is 2.66. The molecule has 94 valence electrons. The molecule has 0 saturated heterocycles. The molecular formula is C13H14ClN3O. The zero-order valence-corrected chi connectivity index (χ0v) is 10.8. The lowest BCUT2D eigenvalue weighted by Crippen LogP contribution is -2.01. The van der Waals surface area contributed by atoms with Gasteiger partial charge in [-0.25, -0.2) is 9.97 Å². The van der Waals surface area contributed by atoms with Crippen LogP contribution in [0.3, 0.4) is 0 Å². The van der Waals surface area contributed by atoms with Crippen molar-refractivity contribution < 1.29 is 4.74 Å². The van der Waals surface area contributed by atoms with Gasteiger partial charge in [-0.05, 0) is 35.7 Å². The van der Waals surface area contributed by atoms with E-state index < -0.39 is 0 Å². The minimum atomic E-state index is 0.231. The summed E-state index contributed by atoms with van der Waals surface area (Å²) in [5.74, 6) is 0.680. The Morgan fingerprint density at radius 2 is 2.11 bits per heavy atom. The van der Waals surface area contributed by atoms with Gasteiger partial charge < -0.3 is 10.1 Å². The molecule has 1 heterocycles. The number of nitrogens with zero attached hydrogens (tertiary/aromatic N) is 2.